The van der Waals surface area contributed by atoms with Crippen molar-refractivity contribution in [3.05, 3.63) is 63.5 Å². The zero-order valence-corrected chi connectivity index (χ0v) is 13.8. The average molecular weight is 330 g/mol. The number of thiophene rings is 1. The lowest BCUT2D eigenvalue weighted by Crippen LogP contribution is -2.30. The molecule has 1 aromatic heterocycles. The molecule has 0 radical (unpaired) electrons. The quantitative estimate of drug-likeness (QED) is 0.729. The molecule has 0 saturated heterocycles. The summed E-state index contributed by atoms with van der Waals surface area (Å²) in [6.07, 6.45) is 0.984. The van der Waals surface area contributed by atoms with Crippen LogP contribution >= 0.6 is 22.9 Å². The maximum Gasteiger partial charge on any atom is 0.122 e. The van der Waals surface area contributed by atoms with Crippen molar-refractivity contribution in [2.45, 2.75) is 12.5 Å². The lowest BCUT2D eigenvalue weighted by atomic mass is 9.92. The summed E-state index contributed by atoms with van der Waals surface area (Å²) in [5.74, 6) is 0.973. The van der Waals surface area contributed by atoms with Gasteiger partial charge in [0.05, 0.1) is 18.2 Å². The van der Waals surface area contributed by atoms with E-state index < -0.39 is 0 Å². The number of halogens is 1. The summed E-state index contributed by atoms with van der Waals surface area (Å²) in [5, 5.41) is 5.62. The van der Waals surface area contributed by atoms with Crippen molar-refractivity contribution in [2.24, 2.45) is 0 Å². The molecule has 0 bridgehead atoms. The number of methoxy groups -OCH3 is 1. The van der Waals surface area contributed by atoms with Gasteiger partial charge in [-0.05, 0) is 24.1 Å². The molecule has 4 rings (SSSR count). The van der Waals surface area contributed by atoms with E-state index in [-0.39, 0.29) is 6.04 Å². The third-order valence-corrected chi connectivity index (χ3v) is 6.00. The van der Waals surface area contributed by atoms with Crippen molar-refractivity contribution >= 4 is 33.0 Å². The third-order valence-electron chi connectivity index (χ3n) is 4.25. The third kappa shape index (κ3) is 2.12. The van der Waals surface area contributed by atoms with Crippen LogP contribution in [0.3, 0.4) is 0 Å². The Balaban J connectivity index is 1.89. The monoisotopic (exact) mass is 329 g/mol. The van der Waals surface area contributed by atoms with Crippen LogP contribution in [0.5, 0.6) is 5.75 Å². The summed E-state index contributed by atoms with van der Waals surface area (Å²) in [5.41, 5.74) is 2.57. The predicted octanol–water partition coefficient (Wildman–Crippen LogP) is 4.80. The predicted molar refractivity (Wildman–Crippen MR) is 93.4 cm³/mol. The zero-order chi connectivity index (χ0) is 15.1. The minimum Gasteiger partial charge on any atom is -0.496 e. The van der Waals surface area contributed by atoms with E-state index >= 15 is 0 Å². The molecule has 2 nitrogen and oxygen atoms in total. The highest BCUT2D eigenvalue weighted by atomic mass is 35.5. The minimum absolute atomic E-state index is 0.142. The van der Waals surface area contributed by atoms with Crippen molar-refractivity contribution < 1.29 is 4.74 Å². The summed E-state index contributed by atoms with van der Waals surface area (Å²) >= 11 is 8.44. The number of hydrogen-bond donors (Lipinski definition) is 1. The van der Waals surface area contributed by atoms with Gasteiger partial charge >= 0.3 is 0 Å². The first-order valence-corrected chi connectivity index (χ1v) is 8.55. The van der Waals surface area contributed by atoms with E-state index in [0.717, 1.165) is 29.1 Å². The molecular formula is C18H16ClNOS. The van der Waals surface area contributed by atoms with E-state index in [1.807, 2.05) is 12.1 Å². The molecule has 1 aliphatic heterocycles. The Morgan fingerprint density at radius 2 is 2.05 bits per heavy atom. The van der Waals surface area contributed by atoms with Gasteiger partial charge in [-0.2, -0.15) is 0 Å². The molecule has 4 heteroatoms. The molecule has 22 heavy (non-hydrogen) atoms. The van der Waals surface area contributed by atoms with Crippen LogP contribution in [0.2, 0.25) is 5.02 Å². The van der Waals surface area contributed by atoms with E-state index in [0.29, 0.717) is 0 Å². The topological polar surface area (TPSA) is 21.3 Å². The van der Waals surface area contributed by atoms with Crippen LogP contribution in [0.4, 0.5) is 0 Å². The van der Waals surface area contributed by atoms with E-state index in [9.17, 15) is 0 Å². The van der Waals surface area contributed by atoms with Crippen molar-refractivity contribution in [1.82, 2.24) is 5.32 Å². The van der Waals surface area contributed by atoms with Crippen molar-refractivity contribution in [1.29, 1.82) is 0 Å². The molecule has 2 aromatic carbocycles. The molecule has 112 valence electrons. The molecule has 0 saturated carbocycles. The highest BCUT2D eigenvalue weighted by Gasteiger charge is 2.27. The fraction of sp³-hybridized carbons (Fsp3) is 0.222. The van der Waals surface area contributed by atoms with Crippen LogP contribution in [0.25, 0.3) is 10.1 Å². The van der Waals surface area contributed by atoms with Crippen molar-refractivity contribution in [3.63, 3.8) is 0 Å². The van der Waals surface area contributed by atoms with Crippen molar-refractivity contribution in [2.75, 3.05) is 13.7 Å². The molecule has 0 fully saturated rings. The molecule has 1 aliphatic rings. The fourth-order valence-electron chi connectivity index (χ4n) is 3.22. The van der Waals surface area contributed by atoms with E-state index in [1.165, 1.54) is 20.7 Å². The number of hydrogen-bond acceptors (Lipinski definition) is 3. The molecule has 3 aromatic rings. The van der Waals surface area contributed by atoms with E-state index in [2.05, 4.69) is 35.6 Å². The Kier molecular flexibility index (Phi) is 3.57. The summed E-state index contributed by atoms with van der Waals surface area (Å²) in [6.45, 7) is 0.933. The minimum atomic E-state index is 0.142. The average Bonchev–Trinajstić information content (AvgIpc) is 2.91. The molecule has 1 N–H and O–H groups in total. The number of benzene rings is 2. The number of rotatable bonds is 2. The lowest BCUT2D eigenvalue weighted by Gasteiger charge is -2.27. The molecule has 0 spiro atoms. The SMILES string of the molecule is COc1cccc2c1CCNC2c1sc2ccccc2c1Cl. The second-order valence-corrected chi connectivity index (χ2v) is 6.90. The normalized spacial score (nSPS) is 17.5. The number of nitrogens with one attached hydrogen (secondary N) is 1. The molecular weight excluding hydrogens is 314 g/mol. The summed E-state index contributed by atoms with van der Waals surface area (Å²) < 4.78 is 6.76. The molecule has 0 aliphatic carbocycles. The fourth-order valence-corrected chi connectivity index (χ4v) is 4.85. The standard InChI is InChI=1S/C18H16ClNOS/c1-21-14-7-4-6-12-11(14)9-10-20-17(12)18-16(19)13-5-2-3-8-15(13)22-18/h2-8,17,20H,9-10H2,1H3. The maximum atomic E-state index is 6.67. The Morgan fingerprint density at radius 1 is 1.18 bits per heavy atom. The highest BCUT2D eigenvalue weighted by molar-refractivity contribution is 7.19. The largest absolute Gasteiger partial charge is 0.496 e. The van der Waals surface area contributed by atoms with Gasteiger partial charge in [0.1, 0.15) is 5.75 Å². The summed E-state index contributed by atoms with van der Waals surface area (Å²) in [7, 11) is 1.74. The first kappa shape index (κ1) is 14.1. The van der Waals surface area contributed by atoms with Crippen LogP contribution in [-0.4, -0.2) is 13.7 Å². The van der Waals surface area contributed by atoms with Gasteiger partial charge in [0.25, 0.3) is 0 Å². The Labute approximate surface area is 138 Å². The Bertz CT molecular complexity index is 842. The van der Waals surface area contributed by atoms with Crippen LogP contribution in [0.15, 0.2) is 42.5 Å². The van der Waals surface area contributed by atoms with Crippen LogP contribution in [-0.2, 0) is 6.42 Å². The number of ether oxygens (including phenoxy) is 1. The molecule has 1 unspecified atom stereocenters. The first-order chi connectivity index (χ1) is 10.8. The van der Waals surface area contributed by atoms with E-state index in [1.54, 1.807) is 18.4 Å². The zero-order valence-electron chi connectivity index (χ0n) is 12.2. The molecule has 0 amide bonds. The van der Waals surface area contributed by atoms with Gasteiger partial charge in [-0.25, -0.2) is 0 Å². The van der Waals surface area contributed by atoms with Gasteiger partial charge < -0.3 is 10.1 Å². The second-order valence-electron chi connectivity index (χ2n) is 5.44. The van der Waals surface area contributed by atoms with E-state index in [4.69, 9.17) is 16.3 Å². The van der Waals surface area contributed by atoms with Gasteiger partial charge in [-0.3, -0.25) is 0 Å². The lowest BCUT2D eigenvalue weighted by molar-refractivity contribution is 0.404. The van der Waals surface area contributed by atoms with Crippen LogP contribution < -0.4 is 10.1 Å². The van der Waals surface area contributed by atoms with Crippen LogP contribution in [0, 0.1) is 0 Å². The summed E-state index contributed by atoms with van der Waals surface area (Å²) in [4.78, 5) is 1.19. The van der Waals surface area contributed by atoms with Crippen molar-refractivity contribution in [3.8, 4) is 5.75 Å². The Hall–Kier alpha value is -1.55. The van der Waals surface area contributed by atoms with Crippen LogP contribution in [0.1, 0.15) is 22.0 Å². The maximum absolute atomic E-state index is 6.67. The van der Waals surface area contributed by atoms with Gasteiger partial charge in [-0.15, -0.1) is 11.3 Å². The Morgan fingerprint density at radius 3 is 2.86 bits per heavy atom. The summed E-state index contributed by atoms with van der Waals surface area (Å²) in [6, 6.07) is 14.7. The first-order valence-electron chi connectivity index (χ1n) is 7.35. The van der Waals surface area contributed by atoms with Gasteiger partial charge in [0, 0.05) is 27.1 Å². The van der Waals surface area contributed by atoms with Gasteiger partial charge in [0.2, 0.25) is 0 Å². The molecule has 1 atom stereocenters. The van der Waals surface area contributed by atoms with Gasteiger partial charge in [-0.1, -0.05) is 41.9 Å². The molecule has 2 heterocycles. The highest BCUT2D eigenvalue weighted by Crippen LogP contribution is 2.43. The van der Waals surface area contributed by atoms with Gasteiger partial charge in [0.15, 0.2) is 0 Å². The second kappa shape index (κ2) is 5.58. The number of fused-ring (bicyclic) bond motifs is 2. The smallest absolute Gasteiger partial charge is 0.122 e.